The summed E-state index contributed by atoms with van der Waals surface area (Å²) in [4.78, 5) is 0. The molecule has 2 spiro atoms. The summed E-state index contributed by atoms with van der Waals surface area (Å²) < 4.78 is 12.0. The van der Waals surface area contributed by atoms with Crippen molar-refractivity contribution in [3.05, 3.63) is 12.2 Å². The third-order valence-corrected chi connectivity index (χ3v) is 15.2. The summed E-state index contributed by atoms with van der Waals surface area (Å²) in [7, 11) is 0. The van der Waals surface area contributed by atoms with Crippen LogP contribution < -0.4 is 0 Å². The van der Waals surface area contributed by atoms with E-state index in [2.05, 4.69) is 55.0 Å². The van der Waals surface area contributed by atoms with E-state index >= 15 is 0 Å². The fourth-order valence-corrected chi connectivity index (χ4v) is 12.7. The van der Waals surface area contributed by atoms with Crippen LogP contribution in [0.1, 0.15) is 106 Å². The van der Waals surface area contributed by atoms with E-state index in [4.69, 9.17) is 9.47 Å². The van der Waals surface area contributed by atoms with Crippen LogP contribution in [0.2, 0.25) is 0 Å². The molecular formula is C36H60O7. The molecular weight excluding hydrogens is 544 g/mol. The maximum absolute atomic E-state index is 12.1. The number of aliphatic hydroxyl groups excluding tert-OH is 5. The van der Waals surface area contributed by atoms with Gasteiger partial charge in [-0.05, 0) is 114 Å². The lowest BCUT2D eigenvalue weighted by Gasteiger charge is -2.64. The van der Waals surface area contributed by atoms with Crippen molar-refractivity contribution in [1.29, 1.82) is 0 Å². The largest absolute Gasteiger partial charge is 0.393 e. The molecule has 5 N–H and O–H groups in total. The number of rotatable bonds is 7. The van der Waals surface area contributed by atoms with E-state index in [0.29, 0.717) is 17.8 Å². The summed E-state index contributed by atoms with van der Waals surface area (Å²) in [6.45, 7) is 20.4. The van der Waals surface area contributed by atoms with E-state index in [1.807, 2.05) is 0 Å². The van der Waals surface area contributed by atoms with Crippen LogP contribution >= 0.6 is 0 Å². The predicted octanol–water partition coefficient (Wildman–Crippen LogP) is 4.82. The molecule has 6 aliphatic rings. The molecule has 15 unspecified atom stereocenters. The molecule has 6 rings (SSSR count). The smallest absolute Gasteiger partial charge is 0.186 e. The van der Waals surface area contributed by atoms with Gasteiger partial charge in [0.2, 0.25) is 0 Å². The minimum absolute atomic E-state index is 0.0252. The van der Waals surface area contributed by atoms with Crippen LogP contribution in [-0.4, -0.2) is 75.1 Å². The van der Waals surface area contributed by atoms with Crippen molar-refractivity contribution in [2.24, 2.45) is 56.7 Å². The molecule has 0 bridgehead atoms. The molecule has 0 aromatic heterocycles. The van der Waals surface area contributed by atoms with Crippen LogP contribution in [0.15, 0.2) is 12.2 Å². The van der Waals surface area contributed by atoms with Crippen molar-refractivity contribution < 1.29 is 35.0 Å². The van der Waals surface area contributed by atoms with Crippen LogP contribution in [0.25, 0.3) is 0 Å². The lowest BCUT2D eigenvalue weighted by atomic mass is 9.41. The Bertz CT molecular complexity index is 1090. The number of hydrogen-bond acceptors (Lipinski definition) is 7. The maximum Gasteiger partial charge on any atom is 0.186 e. The lowest BCUT2D eigenvalue weighted by Crippen LogP contribution is -2.62. The van der Waals surface area contributed by atoms with Gasteiger partial charge in [0.05, 0.1) is 24.9 Å². The molecule has 0 aromatic carbocycles. The zero-order valence-corrected chi connectivity index (χ0v) is 27.8. The van der Waals surface area contributed by atoms with Crippen molar-refractivity contribution in [1.82, 2.24) is 0 Å². The molecule has 1 heterocycles. The van der Waals surface area contributed by atoms with Crippen LogP contribution in [0, 0.1) is 56.7 Å². The first-order valence-electron chi connectivity index (χ1n) is 17.3. The molecule has 1 saturated heterocycles. The van der Waals surface area contributed by atoms with E-state index < -0.39 is 30.7 Å². The minimum atomic E-state index is -1.31. The SMILES string of the molecule is C=C(CCC(C)C1C(O)CC2(C)C3CC(O)C4C(C)(C)C(OC5OCC(O)C(O)C5O)CCC45CC35CCC12C)C(C)C. The van der Waals surface area contributed by atoms with Crippen molar-refractivity contribution in [3.8, 4) is 0 Å². The molecule has 7 nitrogen and oxygen atoms in total. The number of ether oxygens (including phenoxy) is 2. The maximum atomic E-state index is 12.1. The molecule has 6 fully saturated rings. The zero-order chi connectivity index (χ0) is 31.5. The molecule has 246 valence electrons. The molecule has 0 radical (unpaired) electrons. The Morgan fingerprint density at radius 3 is 2.26 bits per heavy atom. The quantitative estimate of drug-likeness (QED) is 0.209. The normalized spacial score (nSPS) is 54.3. The average Bonchev–Trinajstić information content (AvgIpc) is 3.52. The molecule has 0 amide bonds. The molecule has 7 heteroatoms. The second-order valence-electron chi connectivity index (χ2n) is 17.5. The van der Waals surface area contributed by atoms with Crippen molar-refractivity contribution >= 4 is 0 Å². The first kappa shape index (κ1) is 32.4. The monoisotopic (exact) mass is 604 g/mol. The summed E-state index contributed by atoms with van der Waals surface area (Å²) in [6, 6.07) is 0. The van der Waals surface area contributed by atoms with Gasteiger partial charge in [0.1, 0.15) is 18.3 Å². The van der Waals surface area contributed by atoms with Gasteiger partial charge in [0, 0.05) is 0 Å². The standard InChI is InChI=1S/C36H60O7/c1-19(2)20(3)9-10-21(4)27-23(38)16-34(8)25-15-22(37)30-32(5,6)26(43-31-29(41)28(40)24(39)17-42-31)11-12-36(30)18-35(25,36)14-13-33(27,34)7/h19,21-31,37-41H,3,9-18H2,1-2,4-8H3. The third kappa shape index (κ3) is 4.38. The lowest BCUT2D eigenvalue weighted by molar-refractivity contribution is -0.306. The number of fused-ring (bicyclic) bond motifs is 2. The molecule has 1 aliphatic heterocycles. The van der Waals surface area contributed by atoms with Crippen molar-refractivity contribution in [3.63, 3.8) is 0 Å². The summed E-state index contributed by atoms with van der Waals surface area (Å²) in [6.07, 6.45) is 3.15. The highest BCUT2D eigenvalue weighted by atomic mass is 16.7. The Hall–Kier alpha value is -0.540. The number of aliphatic hydroxyl groups is 5. The summed E-state index contributed by atoms with van der Waals surface area (Å²) in [5.41, 5.74) is 1.21. The van der Waals surface area contributed by atoms with E-state index in [1.165, 1.54) is 5.57 Å². The summed E-state index contributed by atoms with van der Waals surface area (Å²) in [5.74, 6) is 1.63. The van der Waals surface area contributed by atoms with Crippen molar-refractivity contribution in [2.45, 2.75) is 149 Å². The van der Waals surface area contributed by atoms with E-state index in [9.17, 15) is 25.5 Å². The van der Waals surface area contributed by atoms with E-state index in [1.54, 1.807) is 0 Å². The summed E-state index contributed by atoms with van der Waals surface area (Å²) >= 11 is 0. The van der Waals surface area contributed by atoms with Gasteiger partial charge in [0.25, 0.3) is 0 Å². The second-order valence-corrected chi connectivity index (χ2v) is 17.5. The van der Waals surface area contributed by atoms with Gasteiger partial charge in [-0.15, -0.1) is 0 Å². The Morgan fingerprint density at radius 1 is 0.884 bits per heavy atom. The first-order chi connectivity index (χ1) is 20.0. The van der Waals surface area contributed by atoms with Gasteiger partial charge in [-0.2, -0.15) is 0 Å². The fraction of sp³-hybridized carbons (Fsp3) is 0.944. The van der Waals surface area contributed by atoms with Crippen LogP contribution in [-0.2, 0) is 9.47 Å². The Balaban J connectivity index is 1.23. The first-order valence-corrected chi connectivity index (χ1v) is 17.3. The minimum Gasteiger partial charge on any atom is -0.393 e. The zero-order valence-electron chi connectivity index (χ0n) is 27.8. The molecule has 0 aromatic rings. The third-order valence-electron chi connectivity index (χ3n) is 15.2. The highest BCUT2D eigenvalue weighted by Crippen LogP contribution is 2.89. The molecule has 15 atom stereocenters. The highest BCUT2D eigenvalue weighted by Gasteiger charge is 2.84. The van der Waals surface area contributed by atoms with Gasteiger partial charge in [-0.25, -0.2) is 0 Å². The van der Waals surface area contributed by atoms with Gasteiger partial charge in [-0.3, -0.25) is 0 Å². The fourth-order valence-electron chi connectivity index (χ4n) is 12.7. The Kier molecular flexibility index (Phi) is 7.90. The van der Waals surface area contributed by atoms with Crippen molar-refractivity contribution in [2.75, 3.05) is 6.61 Å². The van der Waals surface area contributed by atoms with Crippen LogP contribution in [0.5, 0.6) is 0 Å². The summed E-state index contributed by atoms with van der Waals surface area (Å²) in [5, 5.41) is 54.5. The number of hydrogen-bond donors (Lipinski definition) is 5. The van der Waals surface area contributed by atoms with Gasteiger partial charge < -0.3 is 35.0 Å². The second kappa shape index (κ2) is 10.5. The molecule has 5 saturated carbocycles. The van der Waals surface area contributed by atoms with E-state index in [-0.39, 0.29) is 57.7 Å². The molecule has 5 aliphatic carbocycles. The number of allylic oxidation sites excluding steroid dienone is 1. The van der Waals surface area contributed by atoms with Crippen LogP contribution in [0.3, 0.4) is 0 Å². The average molecular weight is 605 g/mol. The highest BCUT2D eigenvalue weighted by molar-refractivity contribution is 5.32. The van der Waals surface area contributed by atoms with Gasteiger partial charge >= 0.3 is 0 Å². The topological polar surface area (TPSA) is 120 Å². The van der Waals surface area contributed by atoms with Gasteiger partial charge in [0.15, 0.2) is 6.29 Å². The van der Waals surface area contributed by atoms with Crippen LogP contribution in [0.4, 0.5) is 0 Å². The Labute approximate surface area is 259 Å². The van der Waals surface area contributed by atoms with E-state index in [0.717, 1.165) is 57.8 Å². The molecule has 43 heavy (non-hydrogen) atoms. The predicted molar refractivity (Wildman–Crippen MR) is 165 cm³/mol. The van der Waals surface area contributed by atoms with Gasteiger partial charge in [-0.1, -0.05) is 60.6 Å². The Morgan fingerprint density at radius 2 is 1.58 bits per heavy atom.